The van der Waals surface area contributed by atoms with Crippen molar-refractivity contribution in [1.29, 1.82) is 0 Å². The minimum Gasteiger partial charge on any atom is -0.320 e. The average Bonchev–Trinajstić information content (AvgIpc) is 2.55. The van der Waals surface area contributed by atoms with Crippen LogP contribution >= 0.6 is 11.3 Å². The van der Waals surface area contributed by atoms with Gasteiger partial charge < -0.3 is 10.4 Å². The maximum absolute atomic E-state index is 10.6. The van der Waals surface area contributed by atoms with E-state index in [0.717, 1.165) is 10.2 Å². The lowest BCUT2D eigenvalue weighted by Crippen LogP contribution is -2.12. The van der Waals surface area contributed by atoms with E-state index in [2.05, 4.69) is 5.10 Å². The molecule has 0 fully saturated rings. The molecule has 78 valence electrons. The number of nitrogens with zero attached hydrogens (tertiary/aromatic N) is 3. The molecule has 0 atom stereocenters. The van der Waals surface area contributed by atoms with Gasteiger partial charge in [0, 0.05) is 19.2 Å². The summed E-state index contributed by atoms with van der Waals surface area (Å²) >= 11 is 1.32. The lowest BCUT2D eigenvalue weighted by Gasteiger charge is -1.94. The molecule has 0 saturated carbocycles. The van der Waals surface area contributed by atoms with E-state index >= 15 is 0 Å². The van der Waals surface area contributed by atoms with Gasteiger partial charge in [-0.05, 0) is 6.07 Å². The Kier molecular flexibility index (Phi) is 2.16. The molecule has 15 heavy (non-hydrogen) atoms. The zero-order valence-electron chi connectivity index (χ0n) is 7.88. The number of rotatable bonds is 1. The SMILES string of the molecule is Cn1/c(=N\N)sc2cc([N+](=O)[O-])ccc21. The molecule has 0 radical (unpaired) electrons. The van der Waals surface area contributed by atoms with Gasteiger partial charge in [-0.2, -0.15) is 5.10 Å². The number of fused-ring (bicyclic) bond motifs is 1. The smallest absolute Gasteiger partial charge is 0.270 e. The van der Waals surface area contributed by atoms with Crippen molar-refractivity contribution in [1.82, 2.24) is 4.57 Å². The van der Waals surface area contributed by atoms with Crippen LogP contribution in [0.2, 0.25) is 0 Å². The van der Waals surface area contributed by atoms with Crippen molar-refractivity contribution in [3.8, 4) is 0 Å². The Bertz CT molecular complexity index is 598. The van der Waals surface area contributed by atoms with Crippen LogP contribution in [0.1, 0.15) is 0 Å². The lowest BCUT2D eigenvalue weighted by atomic mass is 10.3. The van der Waals surface area contributed by atoms with Gasteiger partial charge in [-0.25, -0.2) is 0 Å². The monoisotopic (exact) mass is 224 g/mol. The van der Waals surface area contributed by atoms with Gasteiger partial charge in [0.05, 0.1) is 15.1 Å². The number of nitrogens with two attached hydrogens (primary N) is 1. The summed E-state index contributed by atoms with van der Waals surface area (Å²) in [6.45, 7) is 0. The highest BCUT2D eigenvalue weighted by Gasteiger charge is 2.09. The molecule has 2 N–H and O–H groups in total. The standard InChI is InChI=1S/C8H8N4O2S/c1-11-6-3-2-5(12(13)14)4-7(6)15-8(11)10-9/h2-4H,9H2,1H3/b10-8+. The molecule has 1 aromatic carbocycles. The van der Waals surface area contributed by atoms with Gasteiger partial charge in [0.15, 0.2) is 0 Å². The predicted octanol–water partition coefficient (Wildman–Crippen LogP) is 0.922. The van der Waals surface area contributed by atoms with E-state index in [4.69, 9.17) is 5.84 Å². The molecule has 0 saturated heterocycles. The first-order chi connectivity index (χ1) is 7.13. The third-order valence-corrected chi connectivity index (χ3v) is 3.22. The zero-order chi connectivity index (χ0) is 11.0. The van der Waals surface area contributed by atoms with Crippen LogP contribution in [-0.4, -0.2) is 9.49 Å². The van der Waals surface area contributed by atoms with Crippen LogP contribution in [0.5, 0.6) is 0 Å². The maximum Gasteiger partial charge on any atom is 0.270 e. The van der Waals surface area contributed by atoms with E-state index in [1.165, 1.54) is 23.5 Å². The Morgan fingerprint density at radius 1 is 1.60 bits per heavy atom. The number of thiazole rings is 1. The molecular formula is C8H8N4O2S. The minimum absolute atomic E-state index is 0.0768. The second-order valence-corrected chi connectivity index (χ2v) is 3.99. The summed E-state index contributed by atoms with van der Waals surface area (Å²) < 4.78 is 2.60. The van der Waals surface area contributed by atoms with Crippen molar-refractivity contribution in [3.05, 3.63) is 33.1 Å². The van der Waals surface area contributed by atoms with E-state index < -0.39 is 4.92 Å². The third-order valence-electron chi connectivity index (χ3n) is 2.11. The molecular weight excluding hydrogens is 216 g/mol. The first-order valence-electron chi connectivity index (χ1n) is 4.11. The van der Waals surface area contributed by atoms with Crippen LogP contribution < -0.4 is 10.6 Å². The van der Waals surface area contributed by atoms with E-state index in [0.29, 0.717) is 4.80 Å². The van der Waals surface area contributed by atoms with Crippen LogP contribution in [-0.2, 0) is 7.05 Å². The Morgan fingerprint density at radius 3 is 2.93 bits per heavy atom. The van der Waals surface area contributed by atoms with Crippen molar-refractivity contribution in [3.63, 3.8) is 0 Å². The summed E-state index contributed by atoms with van der Waals surface area (Å²) in [6.07, 6.45) is 0. The number of aromatic nitrogens is 1. The lowest BCUT2D eigenvalue weighted by molar-refractivity contribution is -0.384. The van der Waals surface area contributed by atoms with Crippen LogP contribution in [0, 0.1) is 10.1 Å². The summed E-state index contributed by atoms with van der Waals surface area (Å²) in [7, 11) is 1.82. The van der Waals surface area contributed by atoms with E-state index in [1.54, 1.807) is 10.6 Å². The molecule has 7 heteroatoms. The number of aryl methyl sites for hydroxylation is 1. The van der Waals surface area contributed by atoms with Crippen molar-refractivity contribution < 1.29 is 4.92 Å². The summed E-state index contributed by atoms with van der Waals surface area (Å²) in [6, 6.07) is 4.68. The summed E-state index contributed by atoms with van der Waals surface area (Å²) in [5.74, 6) is 5.19. The number of nitro groups is 1. The second-order valence-electron chi connectivity index (χ2n) is 2.98. The fourth-order valence-corrected chi connectivity index (χ4v) is 2.33. The van der Waals surface area contributed by atoms with E-state index in [1.807, 2.05) is 7.05 Å². The number of hydrogen-bond donors (Lipinski definition) is 1. The topological polar surface area (TPSA) is 86.5 Å². The predicted molar refractivity (Wildman–Crippen MR) is 57.2 cm³/mol. The zero-order valence-corrected chi connectivity index (χ0v) is 8.69. The number of benzene rings is 1. The summed E-state index contributed by atoms with van der Waals surface area (Å²) in [5, 5.41) is 14.2. The molecule has 0 spiro atoms. The Balaban J connectivity index is 2.79. The number of non-ortho nitro benzene ring substituents is 1. The highest BCUT2D eigenvalue weighted by Crippen LogP contribution is 2.22. The van der Waals surface area contributed by atoms with Crippen LogP contribution in [0.15, 0.2) is 23.3 Å². The van der Waals surface area contributed by atoms with E-state index in [-0.39, 0.29) is 5.69 Å². The van der Waals surface area contributed by atoms with Gasteiger partial charge in [0.25, 0.3) is 5.69 Å². The normalized spacial score (nSPS) is 12.2. The molecule has 0 aliphatic heterocycles. The minimum atomic E-state index is -0.418. The van der Waals surface area contributed by atoms with Crippen LogP contribution in [0.4, 0.5) is 5.69 Å². The Morgan fingerprint density at radius 2 is 2.33 bits per heavy atom. The first kappa shape index (κ1) is 9.66. The largest absolute Gasteiger partial charge is 0.320 e. The molecule has 0 aliphatic carbocycles. The summed E-state index contributed by atoms with van der Waals surface area (Å²) in [4.78, 5) is 10.8. The van der Waals surface area contributed by atoms with Crippen LogP contribution in [0.25, 0.3) is 10.2 Å². The maximum atomic E-state index is 10.6. The first-order valence-corrected chi connectivity index (χ1v) is 4.93. The molecule has 0 aliphatic rings. The number of nitro benzene ring substituents is 1. The molecule has 0 amide bonds. The van der Waals surface area contributed by atoms with Gasteiger partial charge in [-0.15, -0.1) is 0 Å². The van der Waals surface area contributed by atoms with Crippen molar-refractivity contribution in [2.24, 2.45) is 18.0 Å². The Hall–Kier alpha value is -1.89. The fraction of sp³-hybridized carbons (Fsp3) is 0.125. The van der Waals surface area contributed by atoms with Crippen molar-refractivity contribution in [2.75, 3.05) is 0 Å². The molecule has 1 aromatic heterocycles. The highest BCUT2D eigenvalue weighted by molar-refractivity contribution is 7.16. The van der Waals surface area contributed by atoms with Gasteiger partial charge in [0.1, 0.15) is 0 Å². The van der Waals surface area contributed by atoms with Crippen molar-refractivity contribution in [2.45, 2.75) is 0 Å². The third kappa shape index (κ3) is 1.46. The van der Waals surface area contributed by atoms with Gasteiger partial charge >= 0.3 is 0 Å². The molecule has 0 bridgehead atoms. The molecule has 6 nitrogen and oxygen atoms in total. The summed E-state index contributed by atoms with van der Waals surface area (Å²) in [5.41, 5.74) is 0.961. The van der Waals surface area contributed by atoms with E-state index in [9.17, 15) is 10.1 Å². The highest BCUT2D eigenvalue weighted by atomic mass is 32.1. The molecule has 1 heterocycles. The fourth-order valence-electron chi connectivity index (χ4n) is 1.36. The van der Waals surface area contributed by atoms with Crippen LogP contribution in [0.3, 0.4) is 0 Å². The van der Waals surface area contributed by atoms with Gasteiger partial charge in [-0.3, -0.25) is 10.1 Å². The molecule has 2 aromatic rings. The van der Waals surface area contributed by atoms with Crippen molar-refractivity contribution >= 4 is 27.2 Å². The average molecular weight is 224 g/mol. The second kappa shape index (κ2) is 3.35. The quantitative estimate of drug-likeness (QED) is 0.444. The van der Waals surface area contributed by atoms with Gasteiger partial charge in [-0.1, -0.05) is 11.3 Å². The van der Waals surface area contributed by atoms with Gasteiger partial charge in [0.2, 0.25) is 4.80 Å². The molecule has 0 unspecified atom stereocenters. The number of hydrogen-bond acceptors (Lipinski definition) is 5. The molecule has 2 rings (SSSR count). The Labute approximate surface area is 88.4 Å².